The van der Waals surface area contributed by atoms with Crippen molar-refractivity contribution >= 4 is 0 Å². The van der Waals surface area contributed by atoms with Gasteiger partial charge in [0, 0.05) is 12.1 Å². The molecule has 1 rings (SSSR count). The van der Waals surface area contributed by atoms with Crippen LogP contribution in [0.2, 0.25) is 0 Å². The Morgan fingerprint density at radius 3 is 1.71 bits per heavy atom. The molecule has 2 heteroatoms. The first kappa shape index (κ1) is 21.2. The molecule has 0 atom stereocenters. The Morgan fingerprint density at radius 1 is 0.708 bits per heavy atom. The summed E-state index contributed by atoms with van der Waals surface area (Å²) >= 11 is 0. The molecule has 0 N–H and O–H groups in total. The van der Waals surface area contributed by atoms with Crippen LogP contribution in [0.25, 0.3) is 0 Å². The molecule has 0 unspecified atom stereocenters. The molecule has 1 heterocycles. The van der Waals surface area contributed by atoms with Crippen molar-refractivity contribution in [3.05, 3.63) is 30.1 Å². The number of aryl methyl sites for hydroxylation is 1. The van der Waals surface area contributed by atoms with Gasteiger partial charge < -0.3 is 4.74 Å². The minimum atomic E-state index is 0.683. The fourth-order valence-electron chi connectivity index (χ4n) is 3.03. The maximum absolute atomic E-state index is 5.75. The Labute approximate surface area is 150 Å². The molecule has 0 amide bonds. The van der Waals surface area contributed by atoms with Gasteiger partial charge in [-0.25, -0.2) is 0 Å². The first-order valence-corrected chi connectivity index (χ1v) is 10.4. The van der Waals surface area contributed by atoms with E-state index in [1.165, 1.54) is 82.6 Å². The summed E-state index contributed by atoms with van der Waals surface area (Å²) in [5.74, 6) is 0. The molecule has 1 aromatic heterocycles. The molecule has 0 saturated carbocycles. The van der Waals surface area contributed by atoms with Gasteiger partial charge in [0.05, 0.1) is 6.61 Å². The first-order valence-electron chi connectivity index (χ1n) is 10.4. The van der Waals surface area contributed by atoms with E-state index in [0.717, 1.165) is 13.0 Å². The molecule has 0 aliphatic heterocycles. The molecule has 0 aliphatic carbocycles. The molecule has 24 heavy (non-hydrogen) atoms. The third kappa shape index (κ3) is 11.6. The summed E-state index contributed by atoms with van der Waals surface area (Å²) in [5, 5.41) is 0. The summed E-state index contributed by atoms with van der Waals surface area (Å²) in [6, 6.07) is 4.35. The van der Waals surface area contributed by atoms with Crippen LogP contribution >= 0.6 is 0 Å². The Kier molecular flexibility index (Phi) is 13.8. The number of aromatic nitrogens is 1. The zero-order chi connectivity index (χ0) is 17.3. The van der Waals surface area contributed by atoms with Crippen molar-refractivity contribution in [1.29, 1.82) is 0 Å². The van der Waals surface area contributed by atoms with Gasteiger partial charge in [0.25, 0.3) is 6.73 Å². The highest BCUT2D eigenvalue weighted by molar-refractivity contribution is 5.06. The van der Waals surface area contributed by atoms with Crippen LogP contribution in [0, 0.1) is 0 Å². The minimum Gasteiger partial charge on any atom is -0.323 e. The number of pyridine rings is 1. The highest BCUT2D eigenvalue weighted by Crippen LogP contribution is 2.11. The van der Waals surface area contributed by atoms with Crippen molar-refractivity contribution < 1.29 is 9.30 Å². The maximum Gasteiger partial charge on any atom is 0.252 e. The predicted octanol–water partition coefficient (Wildman–Crippen LogP) is 6.21. The second kappa shape index (κ2) is 15.6. The molecule has 0 fully saturated rings. The van der Waals surface area contributed by atoms with Crippen LogP contribution in [0.3, 0.4) is 0 Å². The van der Waals surface area contributed by atoms with E-state index in [4.69, 9.17) is 4.74 Å². The second-order valence-corrected chi connectivity index (χ2v) is 7.00. The molecule has 1 aromatic rings. The van der Waals surface area contributed by atoms with Crippen LogP contribution in [0.4, 0.5) is 0 Å². The van der Waals surface area contributed by atoms with Gasteiger partial charge in [-0.15, -0.1) is 0 Å². The average Bonchev–Trinajstić information content (AvgIpc) is 2.62. The molecular weight excluding hydrogens is 294 g/mol. The number of unbranched alkanes of at least 4 members (excludes halogenated alkanes) is 11. The van der Waals surface area contributed by atoms with E-state index in [2.05, 4.69) is 42.9 Å². The number of nitrogens with zero attached hydrogens (tertiary/aromatic N) is 1. The zero-order valence-corrected chi connectivity index (χ0v) is 16.3. The van der Waals surface area contributed by atoms with Crippen molar-refractivity contribution in [1.82, 2.24) is 0 Å². The van der Waals surface area contributed by atoms with Gasteiger partial charge in [0.2, 0.25) is 0 Å². The number of rotatable bonds is 16. The predicted molar refractivity (Wildman–Crippen MR) is 103 cm³/mol. The van der Waals surface area contributed by atoms with E-state index < -0.39 is 0 Å². The third-order valence-electron chi connectivity index (χ3n) is 4.75. The highest BCUT2D eigenvalue weighted by Gasteiger charge is 2.00. The first-order chi connectivity index (χ1) is 11.9. The fourth-order valence-corrected chi connectivity index (χ4v) is 3.03. The average molecular weight is 335 g/mol. The van der Waals surface area contributed by atoms with E-state index in [-0.39, 0.29) is 0 Å². The Hall–Kier alpha value is -0.890. The van der Waals surface area contributed by atoms with Crippen molar-refractivity contribution in [3.63, 3.8) is 0 Å². The fraction of sp³-hybridized carbons (Fsp3) is 0.773. The van der Waals surface area contributed by atoms with Gasteiger partial charge in [0.15, 0.2) is 12.4 Å². The van der Waals surface area contributed by atoms with E-state index >= 15 is 0 Å². The summed E-state index contributed by atoms with van der Waals surface area (Å²) in [4.78, 5) is 0. The Morgan fingerprint density at radius 2 is 1.21 bits per heavy atom. The molecule has 138 valence electrons. The molecule has 0 saturated heterocycles. The van der Waals surface area contributed by atoms with Crippen molar-refractivity contribution in [2.75, 3.05) is 6.61 Å². The lowest BCUT2D eigenvalue weighted by molar-refractivity contribution is -0.732. The van der Waals surface area contributed by atoms with Crippen molar-refractivity contribution in [2.24, 2.45) is 0 Å². The summed E-state index contributed by atoms with van der Waals surface area (Å²) < 4.78 is 7.86. The summed E-state index contributed by atoms with van der Waals surface area (Å²) in [6.45, 7) is 6.04. The molecule has 2 nitrogen and oxygen atoms in total. The van der Waals surface area contributed by atoms with E-state index in [1.807, 2.05) is 0 Å². The van der Waals surface area contributed by atoms with E-state index in [9.17, 15) is 0 Å². The highest BCUT2D eigenvalue weighted by atomic mass is 16.5. The lowest BCUT2D eigenvalue weighted by Gasteiger charge is -2.03. The van der Waals surface area contributed by atoms with Crippen LogP contribution in [-0.4, -0.2) is 6.61 Å². The van der Waals surface area contributed by atoms with Crippen molar-refractivity contribution in [2.45, 2.75) is 104 Å². The molecule has 0 aliphatic rings. The van der Waals surface area contributed by atoms with E-state index in [0.29, 0.717) is 6.73 Å². The summed E-state index contributed by atoms with van der Waals surface area (Å²) in [5.41, 5.74) is 1.38. The molecule has 0 aromatic carbocycles. The van der Waals surface area contributed by atoms with Crippen LogP contribution in [0.15, 0.2) is 24.5 Å². The van der Waals surface area contributed by atoms with Crippen LogP contribution in [0.1, 0.15) is 96.5 Å². The van der Waals surface area contributed by atoms with Crippen LogP contribution in [-0.2, 0) is 17.9 Å². The van der Waals surface area contributed by atoms with Crippen molar-refractivity contribution in [3.8, 4) is 0 Å². The largest absolute Gasteiger partial charge is 0.323 e. The van der Waals surface area contributed by atoms with Gasteiger partial charge >= 0.3 is 0 Å². The van der Waals surface area contributed by atoms with Gasteiger partial charge in [-0.2, -0.15) is 4.57 Å². The maximum atomic E-state index is 5.75. The monoisotopic (exact) mass is 334 g/mol. The topological polar surface area (TPSA) is 13.1 Å². The Balaban J connectivity index is 1.80. The lowest BCUT2D eigenvalue weighted by atomic mass is 10.1. The van der Waals surface area contributed by atoms with E-state index in [1.54, 1.807) is 0 Å². The Bertz CT molecular complexity index is 374. The standard InChI is InChI=1S/C22H40NO/c1-3-5-6-7-8-9-10-11-12-13-14-15-20-24-21-23-18-16-22(4-2)17-19-23/h16-19H,3-15,20-21H2,1-2H3/q+1. The normalized spacial score (nSPS) is 11.1. The zero-order valence-electron chi connectivity index (χ0n) is 16.3. The van der Waals surface area contributed by atoms with Gasteiger partial charge in [-0.1, -0.05) is 84.5 Å². The summed E-state index contributed by atoms with van der Waals surface area (Å²) in [6.07, 6.45) is 22.0. The lowest BCUT2D eigenvalue weighted by Crippen LogP contribution is -2.34. The molecule has 0 radical (unpaired) electrons. The SMILES string of the molecule is CCCCCCCCCCCCCCOC[n+]1ccc(CC)cc1. The van der Waals surface area contributed by atoms with Crippen LogP contribution < -0.4 is 4.57 Å². The smallest absolute Gasteiger partial charge is 0.252 e. The van der Waals surface area contributed by atoms with Gasteiger partial charge in [-0.05, 0) is 18.4 Å². The quantitative estimate of drug-likeness (QED) is 0.259. The molecule has 0 bridgehead atoms. The second-order valence-electron chi connectivity index (χ2n) is 7.00. The summed E-state index contributed by atoms with van der Waals surface area (Å²) in [7, 11) is 0. The van der Waals surface area contributed by atoms with Gasteiger partial charge in [-0.3, -0.25) is 0 Å². The minimum absolute atomic E-state index is 0.683. The molecule has 0 spiro atoms. The van der Waals surface area contributed by atoms with Gasteiger partial charge in [0.1, 0.15) is 0 Å². The number of hydrogen-bond acceptors (Lipinski definition) is 1. The number of hydrogen-bond donors (Lipinski definition) is 0. The number of ether oxygens (including phenoxy) is 1. The third-order valence-corrected chi connectivity index (χ3v) is 4.75. The van der Waals surface area contributed by atoms with Crippen LogP contribution in [0.5, 0.6) is 0 Å². The molecular formula is C22H40NO+.